The molecule has 1 aromatic carbocycles. The van der Waals surface area contributed by atoms with Gasteiger partial charge in [0.15, 0.2) is 0 Å². The highest BCUT2D eigenvalue weighted by atomic mass is 19.1. The maximum Gasteiger partial charge on any atom is 0.123 e. The molecule has 1 heterocycles. The Balaban J connectivity index is 1.68. The molecule has 1 aliphatic heterocycles. The van der Waals surface area contributed by atoms with Gasteiger partial charge < -0.3 is 9.84 Å². The first kappa shape index (κ1) is 14.3. The van der Waals surface area contributed by atoms with E-state index in [1.165, 1.54) is 12.1 Å². The van der Waals surface area contributed by atoms with Crippen LogP contribution in [0.5, 0.6) is 5.75 Å². The fraction of sp³-hybridized carbons (Fsp3) is 0.600. The van der Waals surface area contributed by atoms with E-state index in [1.54, 1.807) is 12.1 Å². The molecule has 2 atom stereocenters. The Labute approximate surface area is 114 Å². The Morgan fingerprint density at radius 1 is 1.37 bits per heavy atom. The van der Waals surface area contributed by atoms with Crippen molar-refractivity contribution >= 4 is 0 Å². The minimum Gasteiger partial charge on any atom is -0.494 e. The van der Waals surface area contributed by atoms with E-state index in [9.17, 15) is 9.50 Å². The first-order valence-corrected chi connectivity index (χ1v) is 6.94. The summed E-state index contributed by atoms with van der Waals surface area (Å²) >= 11 is 0. The lowest BCUT2D eigenvalue weighted by Crippen LogP contribution is -2.36. The number of rotatable bonds is 6. The predicted octanol–water partition coefficient (Wildman–Crippen LogP) is 2.30. The average molecular weight is 267 g/mol. The van der Waals surface area contributed by atoms with E-state index < -0.39 is 0 Å². The fourth-order valence-corrected chi connectivity index (χ4v) is 2.65. The molecule has 3 nitrogen and oxygen atoms in total. The number of aliphatic hydroxyl groups excluding tert-OH is 1. The first-order valence-electron chi connectivity index (χ1n) is 6.94. The molecule has 0 saturated carbocycles. The number of nitrogens with zero attached hydrogens (tertiary/aromatic N) is 1. The third-order valence-corrected chi connectivity index (χ3v) is 3.86. The number of hydrogen-bond acceptors (Lipinski definition) is 3. The monoisotopic (exact) mass is 267 g/mol. The van der Waals surface area contributed by atoms with Gasteiger partial charge in [0.25, 0.3) is 0 Å². The third kappa shape index (κ3) is 3.91. The van der Waals surface area contributed by atoms with E-state index in [4.69, 9.17) is 4.74 Å². The summed E-state index contributed by atoms with van der Waals surface area (Å²) in [4.78, 5) is 2.33. The van der Waals surface area contributed by atoms with Crippen LogP contribution in [0.25, 0.3) is 0 Å². The standard InChI is InChI=1S/C15H22FNO2/c1-12-7-9-17(15(12)11-18)8-2-10-19-14-5-3-13(16)4-6-14/h3-6,12,15,18H,2,7-11H2,1H3. The molecule has 1 aromatic rings. The van der Waals surface area contributed by atoms with E-state index in [0.717, 1.165) is 25.9 Å². The molecule has 1 aliphatic rings. The van der Waals surface area contributed by atoms with E-state index in [0.29, 0.717) is 24.3 Å². The molecule has 2 rings (SSSR count). The number of halogens is 1. The van der Waals surface area contributed by atoms with Crippen molar-refractivity contribution in [3.05, 3.63) is 30.1 Å². The van der Waals surface area contributed by atoms with Gasteiger partial charge in [-0.2, -0.15) is 0 Å². The van der Waals surface area contributed by atoms with Gasteiger partial charge >= 0.3 is 0 Å². The average Bonchev–Trinajstić information content (AvgIpc) is 2.77. The first-order chi connectivity index (χ1) is 9.20. The summed E-state index contributed by atoms with van der Waals surface area (Å²) in [6.07, 6.45) is 2.07. The van der Waals surface area contributed by atoms with Gasteiger partial charge in [-0.05, 0) is 49.6 Å². The predicted molar refractivity (Wildman–Crippen MR) is 72.7 cm³/mol. The number of likely N-dealkylation sites (tertiary alicyclic amines) is 1. The van der Waals surface area contributed by atoms with Crippen molar-refractivity contribution < 1.29 is 14.2 Å². The summed E-state index contributed by atoms with van der Waals surface area (Å²) < 4.78 is 18.3. The Morgan fingerprint density at radius 2 is 2.11 bits per heavy atom. The molecule has 2 unspecified atom stereocenters. The topological polar surface area (TPSA) is 32.7 Å². The highest BCUT2D eigenvalue weighted by Crippen LogP contribution is 2.23. The van der Waals surface area contributed by atoms with Crippen molar-refractivity contribution in [2.24, 2.45) is 5.92 Å². The zero-order valence-electron chi connectivity index (χ0n) is 11.4. The molecule has 19 heavy (non-hydrogen) atoms. The molecule has 1 N–H and O–H groups in total. The van der Waals surface area contributed by atoms with Gasteiger partial charge in [0.1, 0.15) is 11.6 Å². The van der Waals surface area contributed by atoms with Crippen molar-refractivity contribution in [2.75, 3.05) is 26.3 Å². The van der Waals surface area contributed by atoms with Crippen LogP contribution in [-0.2, 0) is 0 Å². The van der Waals surface area contributed by atoms with Crippen molar-refractivity contribution in [3.8, 4) is 5.75 Å². The molecular weight excluding hydrogens is 245 g/mol. The van der Waals surface area contributed by atoms with Crippen LogP contribution in [0.1, 0.15) is 19.8 Å². The molecule has 0 aliphatic carbocycles. The van der Waals surface area contributed by atoms with E-state index in [2.05, 4.69) is 11.8 Å². The molecule has 0 amide bonds. The van der Waals surface area contributed by atoms with Crippen LogP contribution in [0.4, 0.5) is 4.39 Å². The van der Waals surface area contributed by atoms with Gasteiger partial charge in [-0.15, -0.1) is 0 Å². The van der Waals surface area contributed by atoms with Gasteiger partial charge in [0.2, 0.25) is 0 Å². The van der Waals surface area contributed by atoms with Crippen molar-refractivity contribution in [1.29, 1.82) is 0 Å². The van der Waals surface area contributed by atoms with Crippen LogP contribution >= 0.6 is 0 Å². The van der Waals surface area contributed by atoms with Gasteiger partial charge in [-0.1, -0.05) is 6.92 Å². The van der Waals surface area contributed by atoms with E-state index in [-0.39, 0.29) is 12.4 Å². The summed E-state index contributed by atoms with van der Waals surface area (Å²) in [7, 11) is 0. The second-order valence-electron chi connectivity index (χ2n) is 5.21. The summed E-state index contributed by atoms with van der Waals surface area (Å²) in [6.45, 7) is 5.05. The van der Waals surface area contributed by atoms with Crippen LogP contribution in [0.3, 0.4) is 0 Å². The van der Waals surface area contributed by atoms with E-state index >= 15 is 0 Å². The summed E-state index contributed by atoms with van der Waals surface area (Å²) in [6, 6.07) is 6.39. The normalized spacial score (nSPS) is 23.7. The van der Waals surface area contributed by atoms with Gasteiger partial charge in [0.05, 0.1) is 13.2 Å². The molecule has 1 fully saturated rings. The minimum atomic E-state index is -0.246. The van der Waals surface area contributed by atoms with Crippen molar-refractivity contribution in [2.45, 2.75) is 25.8 Å². The lowest BCUT2D eigenvalue weighted by Gasteiger charge is -2.24. The highest BCUT2D eigenvalue weighted by molar-refractivity contribution is 5.21. The van der Waals surface area contributed by atoms with Gasteiger partial charge in [-0.3, -0.25) is 4.90 Å². The zero-order valence-corrected chi connectivity index (χ0v) is 11.4. The second kappa shape index (κ2) is 6.87. The molecule has 1 saturated heterocycles. The van der Waals surface area contributed by atoms with Gasteiger partial charge in [-0.25, -0.2) is 4.39 Å². The quantitative estimate of drug-likeness (QED) is 0.803. The van der Waals surface area contributed by atoms with Crippen molar-refractivity contribution in [3.63, 3.8) is 0 Å². The Bertz CT molecular complexity index is 382. The maximum absolute atomic E-state index is 12.7. The number of hydrogen-bond donors (Lipinski definition) is 1. The van der Waals surface area contributed by atoms with E-state index in [1.807, 2.05) is 0 Å². The van der Waals surface area contributed by atoms with Crippen LogP contribution in [0.2, 0.25) is 0 Å². The highest BCUT2D eigenvalue weighted by Gasteiger charge is 2.29. The third-order valence-electron chi connectivity index (χ3n) is 3.86. The lowest BCUT2D eigenvalue weighted by atomic mass is 10.0. The Hall–Kier alpha value is -1.13. The van der Waals surface area contributed by atoms with Crippen LogP contribution in [0.15, 0.2) is 24.3 Å². The molecule has 0 spiro atoms. The Kier molecular flexibility index (Phi) is 5.16. The Morgan fingerprint density at radius 3 is 2.79 bits per heavy atom. The molecule has 0 radical (unpaired) electrons. The molecule has 0 aromatic heterocycles. The van der Waals surface area contributed by atoms with Crippen LogP contribution < -0.4 is 4.74 Å². The zero-order chi connectivity index (χ0) is 13.7. The molecule has 0 bridgehead atoms. The number of aliphatic hydroxyl groups is 1. The molecular formula is C15H22FNO2. The lowest BCUT2D eigenvalue weighted by molar-refractivity contribution is 0.133. The summed E-state index contributed by atoms with van der Waals surface area (Å²) in [5, 5.41) is 9.36. The molecule has 106 valence electrons. The maximum atomic E-state index is 12.7. The fourth-order valence-electron chi connectivity index (χ4n) is 2.65. The summed E-state index contributed by atoms with van der Waals surface area (Å²) in [5.74, 6) is 1.03. The van der Waals surface area contributed by atoms with Crippen LogP contribution in [-0.4, -0.2) is 42.4 Å². The second-order valence-corrected chi connectivity index (χ2v) is 5.21. The largest absolute Gasteiger partial charge is 0.494 e. The smallest absolute Gasteiger partial charge is 0.123 e. The number of benzene rings is 1. The summed E-state index contributed by atoms with van der Waals surface area (Å²) in [5.41, 5.74) is 0. The van der Waals surface area contributed by atoms with Crippen molar-refractivity contribution in [1.82, 2.24) is 4.90 Å². The van der Waals surface area contributed by atoms with Crippen LogP contribution in [0, 0.1) is 11.7 Å². The minimum absolute atomic E-state index is 0.236. The van der Waals surface area contributed by atoms with Gasteiger partial charge in [0, 0.05) is 12.6 Å². The molecule has 4 heteroatoms. The number of ether oxygens (including phenoxy) is 1. The SMILES string of the molecule is CC1CCN(CCCOc2ccc(F)cc2)C1CO.